The smallest absolute Gasteiger partial charge is 0.0417 e. The third-order valence-corrected chi connectivity index (χ3v) is 5.11. The second kappa shape index (κ2) is 11.8. The summed E-state index contributed by atoms with van der Waals surface area (Å²) in [5.74, 6) is 3.71. The zero-order valence-electron chi connectivity index (χ0n) is 14.7. The van der Waals surface area contributed by atoms with Crippen LogP contribution in [0, 0.1) is 23.7 Å². The van der Waals surface area contributed by atoms with Crippen molar-refractivity contribution in [3.05, 3.63) is 0 Å². The lowest BCUT2D eigenvalue weighted by atomic mass is 9.87. The van der Waals surface area contributed by atoms with Crippen LogP contribution in [-0.4, -0.2) is 0 Å². The van der Waals surface area contributed by atoms with Gasteiger partial charge in [0.25, 0.3) is 0 Å². The van der Waals surface area contributed by atoms with E-state index in [-0.39, 0.29) is 0 Å². The zero-order valence-corrected chi connectivity index (χ0v) is 14.7. The summed E-state index contributed by atoms with van der Waals surface area (Å²) in [4.78, 5) is 0. The van der Waals surface area contributed by atoms with Crippen LogP contribution in [0.5, 0.6) is 0 Å². The van der Waals surface area contributed by atoms with Crippen molar-refractivity contribution >= 4 is 0 Å². The Balaban J connectivity index is 3.60. The highest BCUT2D eigenvalue weighted by Gasteiger charge is 2.11. The van der Waals surface area contributed by atoms with E-state index >= 15 is 0 Å². The van der Waals surface area contributed by atoms with Gasteiger partial charge in [0.1, 0.15) is 0 Å². The largest absolute Gasteiger partial charge is 0.0651 e. The summed E-state index contributed by atoms with van der Waals surface area (Å²) in [6.07, 6.45) is 12.9. The first-order chi connectivity index (χ1) is 9.01. The number of unbranched alkanes of at least 4 members (excludes halogenated alkanes) is 1. The van der Waals surface area contributed by atoms with Crippen molar-refractivity contribution in [1.29, 1.82) is 0 Å². The van der Waals surface area contributed by atoms with E-state index in [0.29, 0.717) is 0 Å². The van der Waals surface area contributed by atoms with E-state index < -0.39 is 0 Å². The fraction of sp³-hybridized carbons (Fsp3) is 1.00. The summed E-state index contributed by atoms with van der Waals surface area (Å²) in [5, 5.41) is 0. The van der Waals surface area contributed by atoms with E-state index in [0.717, 1.165) is 23.7 Å². The van der Waals surface area contributed by atoms with E-state index in [2.05, 4.69) is 41.5 Å². The first-order valence-corrected chi connectivity index (χ1v) is 9.01. The van der Waals surface area contributed by atoms with Crippen LogP contribution < -0.4 is 0 Å². The third-order valence-electron chi connectivity index (χ3n) is 5.11. The summed E-state index contributed by atoms with van der Waals surface area (Å²) in [5.41, 5.74) is 0. The Kier molecular flexibility index (Phi) is 11.8. The fourth-order valence-electron chi connectivity index (χ4n) is 2.95. The van der Waals surface area contributed by atoms with Crippen LogP contribution in [0.2, 0.25) is 0 Å². The topological polar surface area (TPSA) is 0 Å². The second-order valence-electron chi connectivity index (χ2n) is 7.25. The first kappa shape index (κ1) is 19.0. The van der Waals surface area contributed by atoms with Crippen LogP contribution in [0.25, 0.3) is 0 Å². The average Bonchev–Trinajstić information content (AvgIpc) is 2.39. The minimum absolute atomic E-state index is 0.883. The van der Waals surface area contributed by atoms with Crippen molar-refractivity contribution in [2.75, 3.05) is 0 Å². The second-order valence-corrected chi connectivity index (χ2v) is 7.25. The lowest BCUT2D eigenvalue weighted by Crippen LogP contribution is -2.07. The molecule has 0 radical (unpaired) electrons. The van der Waals surface area contributed by atoms with Crippen molar-refractivity contribution in [3.8, 4) is 0 Å². The van der Waals surface area contributed by atoms with Crippen LogP contribution in [0.3, 0.4) is 0 Å². The van der Waals surface area contributed by atoms with Crippen LogP contribution in [0.4, 0.5) is 0 Å². The maximum atomic E-state index is 2.44. The molecule has 0 amide bonds. The zero-order chi connectivity index (χ0) is 14.7. The molecule has 3 atom stereocenters. The van der Waals surface area contributed by atoms with Gasteiger partial charge in [-0.2, -0.15) is 0 Å². The predicted molar refractivity (Wildman–Crippen MR) is 89.6 cm³/mol. The van der Waals surface area contributed by atoms with Gasteiger partial charge in [0.2, 0.25) is 0 Å². The molecule has 19 heavy (non-hydrogen) atoms. The minimum atomic E-state index is 0.883. The first-order valence-electron chi connectivity index (χ1n) is 9.01. The molecule has 3 unspecified atom stereocenters. The molecule has 0 aliphatic heterocycles. The predicted octanol–water partition coefficient (Wildman–Crippen LogP) is 7.08. The Hall–Kier alpha value is 0. The summed E-state index contributed by atoms with van der Waals surface area (Å²) >= 11 is 0. The molecule has 0 bridgehead atoms. The highest BCUT2D eigenvalue weighted by Crippen LogP contribution is 2.24. The molecule has 0 aromatic carbocycles. The maximum absolute atomic E-state index is 2.44. The molecule has 116 valence electrons. The van der Waals surface area contributed by atoms with Crippen LogP contribution in [-0.2, 0) is 0 Å². The lowest BCUT2D eigenvalue weighted by molar-refractivity contribution is 0.328. The summed E-state index contributed by atoms with van der Waals surface area (Å²) < 4.78 is 0. The Bertz CT molecular complexity index is 182. The van der Waals surface area contributed by atoms with Crippen LogP contribution >= 0.6 is 0 Å². The molecule has 0 aliphatic carbocycles. The quantitative estimate of drug-likeness (QED) is 0.332. The van der Waals surface area contributed by atoms with Gasteiger partial charge in [-0.3, -0.25) is 0 Å². The van der Waals surface area contributed by atoms with E-state index in [1.54, 1.807) is 0 Å². The van der Waals surface area contributed by atoms with E-state index in [9.17, 15) is 0 Å². The SMILES string of the molecule is CCC(CCCCC(C)C(C)CC)CCCC(C)C. The molecular weight excluding hydrogens is 228 g/mol. The van der Waals surface area contributed by atoms with Crippen molar-refractivity contribution in [2.45, 2.75) is 99.3 Å². The van der Waals surface area contributed by atoms with Crippen LogP contribution in [0.1, 0.15) is 99.3 Å². The van der Waals surface area contributed by atoms with Gasteiger partial charge in [0, 0.05) is 0 Å². The molecule has 0 rings (SSSR count). The molecular formula is C19H40. The van der Waals surface area contributed by atoms with Crippen LogP contribution in [0.15, 0.2) is 0 Å². The molecule has 0 aliphatic rings. The fourth-order valence-corrected chi connectivity index (χ4v) is 2.95. The Morgan fingerprint density at radius 1 is 0.579 bits per heavy atom. The maximum Gasteiger partial charge on any atom is -0.0417 e. The Morgan fingerprint density at radius 2 is 1.16 bits per heavy atom. The van der Waals surface area contributed by atoms with Crippen molar-refractivity contribution < 1.29 is 0 Å². The molecule has 0 fully saturated rings. The van der Waals surface area contributed by atoms with E-state index in [4.69, 9.17) is 0 Å². The highest BCUT2D eigenvalue weighted by molar-refractivity contribution is 4.63. The molecule has 0 N–H and O–H groups in total. The van der Waals surface area contributed by atoms with Gasteiger partial charge in [-0.1, -0.05) is 99.3 Å². The van der Waals surface area contributed by atoms with Gasteiger partial charge in [0.05, 0.1) is 0 Å². The molecule has 0 nitrogen and oxygen atoms in total. The van der Waals surface area contributed by atoms with Crippen molar-refractivity contribution in [1.82, 2.24) is 0 Å². The molecule has 0 saturated carbocycles. The lowest BCUT2D eigenvalue weighted by Gasteiger charge is -2.19. The minimum Gasteiger partial charge on any atom is -0.0651 e. The number of hydrogen-bond acceptors (Lipinski definition) is 0. The van der Waals surface area contributed by atoms with Crippen molar-refractivity contribution in [3.63, 3.8) is 0 Å². The monoisotopic (exact) mass is 268 g/mol. The van der Waals surface area contributed by atoms with Crippen molar-refractivity contribution in [2.24, 2.45) is 23.7 Å². The number of hydrogen-bond donors (Lipinski definition) is 0. The van der Waals surface area contributed by atoms with Gasteiger partial charge < -0.3 is 0 Å². The van der Waals surface area contributed by atoms with E-state index in [1.807, 2.05) is 0 Å². The molecule has 0 aromatic heterocycles. The number of rotatable bonds is 12. The molecule has 0 aromatic rings. The average molecular weight is 269 g/mol. The molecule has 0 saturated heterocycles. The Morgan fingerprint density at radius 3 is 1.68 bits per heavy atom. The highest BCUT2D eigenvalue weighted by atomic mass is 14.2. The van der Waals surface area contributed by atoms with Gasteiger partial charge in [-0.05, 0) is 23.7 Å². The summed E-state index contributed by atoms with van der Waals surface area (Å²) in [6.45, 7) is 14.2. The van der Waals surface area contributed by atoms with Gasteiger partial charge in [0.15, 0.2) is 0 Å². The summed E-state index contributed by atoms with van der Waals surface area (Å²) in [7, 11) is 0. The van der Waals surface area contributed by atoms with Gasteiger partial charge in [-0.15, -0.1) is 0 Å². The van der Waals surface area contributed by atoms with Gasteiger partial charge in [-0.25, -0.2) is 0 Å². The molecule has 0 spiro atoms. The normalized spacial score (nSPS) is 16.6. The molecule has 0 heteroatoms. The standard InChI is InChI=1S/C19H40/c1-7-17(5)18(6)13-9-10-14-19(8-2)15-11-12-16(3)4/h16-19H,7-15H2,1-6H3. The Labute approximate surface area is 123 Å². The molecule has 0 heterocycles. The third kappa shape index (κ3) is 10.4. The summed E-state index contributed by atoms with van der Waals surface area (Å²) in [6, 6.07) is 0. The van der Waals surface area contributed by atoms with Gasteiger partial charge >= 0.3 is 0 Å². The van der Waals surface area contributed by atoms with E-state index in [1.165, 1.54) is 57.8 Å².